The van der Waals surface area contributed by atoms with Crippen LogP contribution in [0.5, 0.6) is 0 Å². The minimum atomic E-state index is 0. The van der Waals surface area contributed by atoms with Crippen molar-refractivity contribution in [1.82, 2.24) is 0 Å². The van der Waals surface area contributed by atoms with Crippen molar-refractivity contribution in [2.75, 3.05) is 0 Å². The van der Waals surface area contributed by atoms with Crippen LogP contribution < -0.4 is 0 Å². The Hall–Kier alpha value is 1.84. The predicted molar refractivity (Wildman–Crippen MR) is 11.7 cm³/mol. The summed E-state index contributed by atoms with van der Waals surface area (Å²) in [6.07, 6.45) is 0. The Morgan fingerprint density at radius 1 is 1.25 bits per heavy atom. The van der Waals surface area contributed by atoms with E-state index in [9.17, 15) is 0 Å². The molecule has 0 aliphatic heterocycles. The molecule has 0 saturated heterocycles. The first kappa shape index (κ1) is 9.28. The van der Waals surface area contributed by atoms with Gasteiger partial charge in [0.05, 0.1) is 0 Å². The molecule has 0 spiro atoms. The van der Waals surface area contributed by atoms with Crippen molar-refractivity contribution in [3.05, 3.63) is 0 Å². The molecule has 0 rings (SSSR count). The van der Waals surface area contributed by atoms with Gasteiger partial charge < -0.3 is 0 Å². The van der Waals surface area contributed by atoms with Gasteiger partial charge in [-0.2, -0.15) is 0 Å². The minimum absolute atomic E-state index is 0. The Kier molecular flexibility index (Phi) is 20.5. The zero-order valence-electron chi connectivity index (χ0n) is 1.36. The van der Waals surface area contributed by atoms with Crippen LogP contribution in [0.15, 0.2) is 0 Å². The quantitative estimate of drug-likeness (QED) is 0.588. The Balaban J connectivity index is 0. The molecule has 0 aromatic carbocycles. The summed E-state index contributed by atoms with van der Waals surface area (Å²) in [5, 5.41) is 0. The Bertz CT molecular complexity index is 6.00. The molecule has 0 bridgehead atoms. The van der Waals surface area contributed by atoms with E-state index < -0.39 is 0 Å². The van der Waals surface area contributed by atoms with E-state index in [1.807, 2.05) is 0 Å². The molecule has 0 amide bonds. The summed E-state index contributed by atoms with van der Waals surface area (Å²) in [5.74, 6) is 0. The number of halogens is 2. The normalized spacial score (nSPS) is 5.50. The third kappa shape index (κ3) is 9.15. The van der Waals surface area contributed by atoms with E-state index >= 15 is 0 Å². The predicted octanol–water partition coefficient (Wildman–Crippen LogP) is 1.37. The average Bonchev–Trinajstić information content (AvgIpc) is 0.918. The fourth-order valence-electron chi connectivity index (χ4n) is 0. The second-order valence-electron chi connectivity index (χ2n) is 0.0431. The summed E-state index contributed by atoms with van der Waals surface area (Å²) >= 11 is 0.757. The van der Waals surface area contributed by atoms with Crippen molar-refractivity contribution < 1.29 is 35.5 Å². The summed E-state index contributed by atoms with van der Waals surface area (Å²) in [6.45, 7) is 0. The molecule has 1 radical (unpaired) electrons. The van der Waals surface area contributed by atoms with Crippen LogP contribution in [-0.4, -0.2) is 0 Å². The van der Waals surface area contributed by atoms with E-state index in [1.54, 1.807) is 0 Å². The zero-order valence-corrected chi connectivity index (χ0v) is 5.98. The summed E-state index contributed by atoms with van der Waals surface area (Å²) in [6, 6.07) is 0. The molecular weight excluding hydrogens is 331 g/mol. The molecule has 0 aromatic rings. The van der Waals surface area contributed by atoms with Gasteiger partial charge in [-0.25, -0.2) is 0 Å². The molecule has 0 N–H and O–H groups in total. The number of hydrogen-bond donors (Lipinski definition) is 0. The van der Waals surface area contributed by atoms with Crippen LogP contribution >= 0.6 is 20.2 Å². The van der Waals surface area contributed by atoms with Gasteiger partial charge in [0, 0.05) is 22.4 Å². The molecule has 0 unspecified atom stereocenters. The Morgan fingerprint density at radius 2 is 1.25 bits per heavy atom. The average molecular weight is 331 g/mol. The van der Waals surface area contributed by atoms with Crippen LogP contribution in [0.3, 0.4) is 0 Å². The Labute approximate surface area is 55.4 Å². The first-order chi connectivity index (χ1) is 1.41. The monoisotopic (exact) mass is 330 g/mol. The first-order valence-electron chi connectivity index (χ1n) is 0.228. The van der Waals surface area contributed by atoms with Crippen molar-refractivity contribution in [3.63, 3.8) is 0 Å². The number of rotatable bonds is 0. The van der Waals surface area contributed by atoms with Gasteiger partial charge in [0.25, 0.3) is 0 Å². The van der Waals surface area contributed by atoms with Crippen LogP contribution in [0.25, 0.3) is 0 Å². The molecular formula is AuCl2Cu. The van der Waals surface area contributed by atoms with Gasteiger partial charge in [0.1, 0.15) is 0 Å². The Morgan fingerprint density at radius 3 is 1.25 bits per heavy atom. The summed E-state index contributed by atoms with van der Waals surface area (Å²) in [5.41, 5.74) is 0. The van der Waals surface area contributed by atoms with Crippen LogP contribution in [0.2, 0.25) is 0 Å². The molecule has 4 heteroatoms. The van der Waals surface area contributed by atoms with Crippen LogP contribution in [0.4, 0.5) is 0 Å². The summed E-state index contributed by atoms with van der Waals surface area (Å²) in [4.78, 5) is 0. The van der Waals surface area contributed by atoms with Crippen LogP contribution in [0.1, 0.15) is 0 Å². The van der Waals surface area contributed by atoms with Gasteiger partial charge >= 0.3 is 33.3 Å². The second kappa shape index (κ2) is 8.85. The van der Waals surface area contributed by atoms with Crippen molar-refractivity contribution in [1.29, 1.82) is 0 Å². The molecule has 0 fully saturated rings. The SMILES string of the molecule is [Au].[Cl][Cu][Cl]. The molecule has 0 atom stereocenters. The standard InChI is InChI=1S/Au.2ClH.Cu/h;2*1H;/q;;;+2/p-2. The molecule has 36 valence electrons. The van der Waals surface area contributed by atoms with Crippen molar-refractivity contribution in [2.24, 2.45) is 0 Å². The zero-order chi connectivity index (χ0) is 2.71. The van der Waals surface area contributed by atoms with Crippen LogP contribution in [-0.2, 0) is 35.5 Å². The third-order valence-corrected chi connectivity index (χ3v) is 0. The van der Waals surface area contributed by atoms with Crippen molar-refractivity contribution >= 4 is 20.2 Å². The topological polar surface area (TPSA) is 0 Å². The molecule has 0 heterocycles. The molecule has 0 aromatic heterocycles. The van der Waals surface area contributed by atoms with E-state index in [2.05, 4.69) is 20.2 Å². The molecule has 0 aliphatic rings. The fourth-order valence-corrected chi connectivity index (χ4v) is 0. The van der Waals surface area contributed by atoms with Crippen LogP contribution in [0, 0.1) is 0 Å². The fraction of sp³-hybridized carbons (Fsp3) is 0. The van der Waals surface area contributed by atoms with E-state index in [1.165, 1.54) is 0 Å². The molecule has 0 nitrogen and oxygen atoms in total. The molecule has 0 aliphatic carbocycles. The van der Waals surface area contributed by atoms with Gasteiger partial charge in [-0.15, -0.1) is 0 Å². The van der Waals surface area contributed by atoms with Gasteiger partial charge in [0.2, 0.25) is 0 Å². The summed E-state index contributed by atoms with van der Waals surface area (Å²) < 4.78 is 0. The van der Waals surface area contributed by atoms with E-state index in [-0.39, 0.29) is 22.4 Å². The van der Waals surface area contributed by atoms with Gasteiger partial charge in [0.15, 0.2) is 0 Å². The summed E-state index contributed by atoms with van der Waals surface area (Å²) in [7, 11) is 9.34. The van der Waals surface area contributed by atoms with Gasteiger partial charge in [-0.1, -0.05) is 0 Å². The van der Waals surface area contributed by atoms with E-state index in [4.69, 9.17) is 0 Å². The van der Waals surface area contributed by atoms with E-state index in [0.717, 1.165) is 13.1 Å². The third-order valence-electron chi connectivity index (χ3n) is 0. The maximum absolute atomic E-state index is 4.67. The van der Waals surface area contributed by atoms with E-state index in [0.29, 0.717) is 0 Å². The van der Waals surface area contributed by atoms with Gasteiger partial charge in [-0.05, 0) is 0 Å². The second-order valence-corrected chi connectivity index (χ2v) is 1.60. The molecule has 4 heavy (non-hydrogen) atoms. The van der Waals surface area contributed by atoms with Gasteiger partial charge in [-0.3, -0.25) is 0 Å². The first-order valence-corrected chi connectivity index (χ1v) is 2.82. The number of hydrogen-bond acceptors (Lipinski definition) is 0. The maximum atomic E-state index is 4.67. The van der Waals surface area contributed by atoms with Crippen molar-refractivity contribution in [3.8, 4) is 0 Å². The van der Waals surface area contributed by atoms with Crippen molar-refractivity contribution in [2.45, 2.75) is 0 Å². The molecule has 0 saturated carbocycles.